The number of piperidine rings is 1. The number of hydrogen-bond donors (Lipinski definition) is 1. The Hall–Kier alpha value is -4.19. The molecule has 0 atom stereocenters. The van der Waals surface area contributed by atoms with Crippen molar-refractivity contribution in [1.29, 1.82) is 0 Å². The summed E-state index contributed by atoms with van der Waals surface area (Å²) in [6, 6.07) is 6.89. The number of aromatic nitrogens is 4. The van der Waals surface area contributed by atoms with Crippen molar-refractivity contribution < 1.29 is 23.2 Å². The van der Waals surface area contributed by atoms with E-state index in [1.54, 1.807) is 6.07 Å². The number of carbonyl (C=O) groups excluding carboxylic acids is 1. The number of nitrogens with zero attached hydrogens (tertiary/aromatic N) is 7. The number of fused-ring (bicyclic) bond motifs is 1. The summed E-state index contributed by atoms with van der Waals surface area (Å²) in [5, 5.41) is 13.9. The predicted octanol–water partition coefficient (Wildman–Crippen LogP) is 4.53. The zero-order valence-corrected chi connectivity index (χ0v) is 22.8. The second-order valence-corrected chi connectivity index (χ2v) is 10.4. The number of anilines is 2. The van der Waals surface area contributed by atoms with Crippen molar-refractivity contribution >= 4 is 28.4 Å². The SMILES string of the molecule is CCCc1nc(C2CCN(c3ncnc4c(-c5ccc(N6CCN(CCO)C6=O)c(F)c5)cc(F)cc34)CC2)no1. The monoisotopic (exact) mass is 563 g/mol. The molecule has 2 aliphatic heterocycles. The number of benzene rings is 2. The number of halogens is 2. The Morgan fingerprint density at radius 3 is 2.66 bits per heavy atom. The molecule has 4 aromatic rings. The number of hydrogen-bond acceptors (Lipinski definition) is 8. The number of carbonyl (C=O) groups is 1. The summed E-state index contributed by atoms with van der Waals surface area (Å²) in [5.41, 5.74) is 1.53. The van der Waals surface area contributed by atoms with Crippen LogP contribution in [0.3, 0.4) is 0 Å². The maximum atomic E-state index is 15.4. The van der Waals surface area contributed by atoms with Crippen molar-refractivity contribution in [3.8, 4) is 11.1 Å². The molecule has 214 valence electrons. The van der Waals surface area contributed by atoms with E-state index in [2.05, 4.69) is 31.9 Å². The summed E-state index contributed by atoms with van der Waals surface area (Å²) >= 11 is 0. The van der Waals surface area contributed by atoms with Crippen molar-refractivity contribution in [2.24, 2.45) is 0 Å². The molecule has 41 heavy (non-hydrogen) atoms. The van der Waals surface area contributed by atoms with Gasteiger partial charge < -0.3 is 19.4 Å². The van der Waals surface area contributed by atoms with Crippen molar-refractivity contribution in [2.75, 3.05) is 49.1 Å². The van der Waals surface area contributed by atoms with Crippen molar-refractivity contribution in [2.45, 2.75) is 38.5 Å². The van der Waals surface area contributed by atoms with E-state index >= 15 is 4.39 Å². The van der Waals surface area contributed by atoms with Crippen LogP contribution in [0.1, 0.15) is 43.8 Å². The fraction of sp³-hybridized carbons (Fsp3) is 0.414. The van der Waals surface area contributed by atoms with Gasteiger partial charge in [0.2, 0.25) is 5.89 Å². The van der Waals surface area contributed by atoms with E-state index in [1.165, 1.54) is 40.4 Å². The minimum atomic E-state index is -0.598. The van der Waals surface area contributed by atoms with Crippen molar-refractivity contribution in [3.63, 3.8) is 0 Å². The number of amides is 2. The van der Waals surface area contributed by atoms with Gasteiger partial charge in [0.15, 0.2) is 5.82 Å². The van der Waals surface area contributed by atoms with Crippen LogP contribution in [-0.2, 0) is 6.42 Å². The number of β-amino-alcohol motifs (C(OH)–C–C–N with tert-alkyl or cyclic N) is 1. The van der Waals surface area contributed by atoms with E-state index in [4.69, 9.17) is 9.63 Å². The smallest absolute Gasteiger partial charge is 0.324 e. The van der Waals surface area contributed by atoms with E-state index < -0.39 is 11.6 Å². The first-order valence-corrected chi connectivity index (χ1v) is 14.0. The van der Waals surface area contributed by atoms with Gasteiger partial charge in [-0.2, -0.15) is 4.98 Å². The summed E-state index contributed by atoms with van der Waals surface area (Å²) in [6.07, 6.45) is 4.76. The first-order chi connectivity index (χ1) is 20.0. The van der Waals surface area contributed by atoms with E-state index in [0.29, 0.717) is 59.9 Å². The van der Waals surface area contributed by atoms with Gasteiger partial charge in [0.25, 0.3) is 0 Å². The van der Waals surface area contributed by atoms with Crippen LogP contribution >= 0.6 is 0 Å². The molecule has 2 saturated heterocycles. The molecule has 2 aromatic carbocycles. The summed E-state index contributed by atoms with van der Waals surface area (Å²) < 4.78 is 35.7. The number of rotatable bonds is 8. The van der Waals surface area contributed by atoms with E-state index in [0.717, 1.165) is 31.5 Å². The van der Waals surface area contributed by atoms with Crippen LogP contribution in [0.5, 0.6) is 0 Å². The first-order valence-electron chi connectivity index (χ1n) is 14.0. The molecular weight excluding hydrogens is 532 g/mol. The Morgan fingerprint density at radius 1 is 1.07 bits per heavy atom. The zero-order chi connectivity index (χ0) is 28.5. The molecule has 4 heterocycles. The highest BCUT2D eigenvalue weighted by Gasteiger charge is 2.31. The van der Waals surface area contributed by atoms with Gasteiger partial charge in [-0.05, 0) is 49.1 Å². The van der Waals surface area contributed by atoms with Crippen LogP contribution in [0.4, 0.5) is 25.1 Å². The van der Waals surface area contributed by atoms with Gasteiger partial charge in [-0.3, -0.25) is 4.90 Å². The van der Waals surface area contributed by atoms with Gasteiger partial charge in [-0.15, -0.1) is 0 Å². The highest BCUT2D eigenvalue weighted by Crippen LogP contribution is 2.37. The molecule has 10 nitrogen and oxygen atoms in total. The molecule has 0 bridgehead atoms. The molecule has 0 unspecified atom stereocenters. The fourth-order valence-electron chi connectivity index (χ4n) is 5.72. The molecular formula is C29H31F2N7O3. The summed E-state index contributed by atoms with van der Waals surface area (Å²) in [7, 11) is 0. The Balaban J connectivity index is 1.26. The standard InChI is InChI=1S/C29H31F2N7O3/c1-2-3-25-34-27(35-41-25)18-6-8-36(9-7-18)28-22-16-20(30)15-21(26(22)32-17-33-28)19-4-5-24(23(31)14-19)38-11-10-37(12-13-39)29(38)40/h4-5,14-18,39H,2-3,6-13H2,1H3. The van der Waals surface area contributed by atoms with Crippen molar-refractivity contribution in [3.05, 3.63) is 60.0 Å². The predicted molar refractivity (Wildman–Crippen MR) is 149 cm³/mol. The fourth-order valence-corrected chi connectivity index (χ4v) is 5.72. The average Bonchev–Trinajstić information content (AvgIpc) is 3.59. The molecule has 0 saturated carbocycles. The van der Waals surface area contributed by atoms with Gasteiger partial charge in [-0.1, -0.05) is 18.1 Å². The maximum absolute atomic E-state index is 15.4. The van der Waals surface area contributed by atoms with Crippen LogP contribution in [-0.4, -0.2) is 75.5 Å². The number of urea groups is 1. The van der Waals surface area contributed by atoms with Crippen LogP contribution in [0.15, 0.2) is 41.2 Å². The largest absolute Gasteiger partial charge is 0.395 e. The highest BCUT2D eigenvalue weighted by atomic mass is 19.1. The molecule has 0 aliphatic carbocycles. The van der Waals surface area contributed by atoms with E-state index in [9.17, 15) is 9.18 Å². The molecule has 2 aliphatic rings. The Morgan fingerprint density at radius 2 is 1.90 bits per heavy atom. The van der Waals surface area contributed by atoms with Crippen LogP contribution in [0, 0.1) is 11.6 Å². The third-order valence-corrected chi connectivity index (χ3v) is 7.80. The number of aliphatic hydroxyl groups is 1. The normalized spacial score (nSPS) is 16.4. The topological polar surface area (TPSA) is 112 Å². The van der Waals surface area contributed by atoms with Crippen LogP contribution in [0.25, 0.3) is 22.0 Å². The van der Waals surface area contributed by atoms with Gasteiger partial charge in [0, 0.05) is 56.0 Å². The Kier molecular flexibility index (Phi) is 7.48. The summed E-state index contributed by atoms with van der Waals surface area (Å²) in [6.45, 7) is 4.19. The summed E-state index contributed by atoms with van der Waals surface area (Å²) in [5.74, 6) is 1.12. The van der Waals surface area contributed by atoms with Gasteiger partial charge in [-0.25, -0.2) is 23.5 Å². The molecule has 0 spiro atoms. The average molecular weight is 564 g/mol. The molecule has 1 N–H and O–H groups in total. The minimum Gasteiger partial charge on any atom is -0.395 e. The molecule has 6 rings (SSSR count). The lowest BCUT2D eigenvalue weighted by Gasteiger charge is -2.32. The Bertz CT molecular complexity index is 1570. The maximum Gasteiger partial charge on any atom is 0.324 e. The molecule has 2 aromatic heterocycles. The third-order valence-electron chi connectivity index (χ3n) is 7.80. The lowest BCUT2D eigenvalue weighted by Crippen LogP contribution is -2.34. The number of aliphatic hydroxyl groups excluding tert-OH is 1. The molecule has 2 amide bonds. The lowest BCUT2D eigenvalue weighted by atomic mass is 9.95. The van der Waals surface area contributed by atoms with Crippen molar-refractivity contribution in [1.82, 2.24) is 25.0 Å². The number of aryl methyl sites for hydroxylation is 1. The molecule has 2 fully saturated rings. The second-order valence-electron chi connectivity index (χ2n) is 10.4. The van der Waals surface area contributed by atoms with Gasteiger partial charge in [0.1, 0.15) is 23.8 Å². The molecule has 0 radical (unpaired) electrons. The minimum absolute atomic E-state index is 0.140. The zero-order valence-electron chi connectivity index (χ0n) is 22.8. The third kappa shape index (κ3) is 5.19. The van der Waals surface area contributed by atoms with Gasteiger partial charge >= 0.3 is 6.03 Å². The molecule has 12 heteroatoms. The summed E-state index contributed by atoms with van der Waals surface area (Å²) in [4.78, 5) is 31.1. The van der Waals surface area contributed by atoms with E-state index in [1.807, 2.05) is 0 Å². The quantitative estimate of drug-likeness (QED) is 0.333. The van der Waals surface area contributed by atoms with Crippen LogP contribution in [0.2, 0.25) is 0 Å². The first kappa shape index (κ1) is 27.0. The van der Waals surface area contributed by atoms with Gasteiger partial charge in [0.05, 0.1) is 17.8 Å². The lowest BCUT2D eigenvalue weighted by molar-refractivity contribution is 0.199. The second kappa shape index (κ2) is 11.4. The van der Waals surface area contributed by atoms with Crippen LogP contribution < -0.4 is 9.80 Å². The van der Waals surface area contributed by atoms with E-state index in [-0.39, 0.29) is 30.8 Å². The Labute approximate surface area is 235 Å². The highest BCUT2D eigenvalue weighted by molar-refractivity contribution is 6.00.